The summed E-state index contributed by atoms with van der Waals surface area (Å²) in [4.78, 5) is 24.0. The average Bonchev–Trinajstić information content (AvgIpc) is 2.68. The van der Waals surface area contributed by atoms with E-state index in [2.05, 4.69) is 16.0 Å². The third-order valence-electron chi connectivity index (χ3n) is 4.69. The molecule has 0 saturated carbocycles. The van der Waals surface area contributed by atoms with Crippen molar-refractivity contribution in [1.82, 2.24) is 10.6 Å². The van der Waals surface area contributed by atoms with Crippen LogP contribution in [0.1, 0.15) is 28.7 Å². The molecule has 1 heterocycles. The highest BCUT2D eigenvalue weighted by Crippen LogP contribution is 2.24. The molecule has 150 valence electrons. The Hall–Kier alpha value is -2.44. The van der Waals surface area contributed by atoms with Crippen LogP contribution in [0.15, 0.2) is 36.4 Å². The Labute approximate surface area is 170 Å². The minimum Gasteiger partial charge on any atom is -0.347 e. The molecule has 1 aliphatic heterocycles. The first-order valence-corrected chi connectivity index (χ1v) is 9.16. The maximum atomic E-state index is 14.5. The molecule has 0 atom stereocenters. The number of hydrogen-bond donors (Lipinski definition) is 3. The van der Waals surface area contributed by atoms with E-state index in [4.69, 9.17) is 0 Å². The van der Waals surface area contributed by atoms with Gasteiger partial charge >= 0.3 is 0 Å². The summed E-state index contributed by atoms with van der Waals surface area (Å²) < 4.78 is 14.5. The summed E-state index contributed by atoms with van der Waals surface area (Å²) in [6.07, 6.45) is 1.51. The molecule has 7 heteroatoms. The fraction of sp³-hybridized carbons (Fsp3) is 0.333. The molecule has 0 radical (unpaired) electrons. The lowest BCUT2D eigenvalue weighted by Crippen LogP contribution is -2.33. The molecular formula is C21H25ClFN3O2. The first-order chi connectivity index (χ1) is 13.0. The van der Waals surface area contributed by atoms with E-state index < -0.39 is 5.91 Å². The summed E-state index contributed by atoms with van der Waals surface area (Å²) in [5.74, 6) is -1.03. The van der Waals surface area contributed by atoms with E-state index in [0.29, 0.717) is 31.4 Å². The minimum atomic E-state index is -0.438. The summed E-state index contributed by atoms with van der Waals surface area (Å²) in [7, 11) is 0. The standard InChI is InChI=1S/C21H24FN3O2.ClH/c1-14-2-4-15(5-3-14)6-9-19(26)24-13-20(27)25-18-8-7-16-12-23-11-10-17(16)21(18)22;/h2-5,7-8,23H,6,9-13H2,1H3,(H,24,26)(H,25,27);1H. The zero-order valence-electron chi connectivity index (χ0n) is 15.8. The molecule has 28 heavy (non-hydrogen) atoms. The van der Waals surface area contributed by atoms with Crippen LogP contribution in [0.25, 0.3) is 0 Å². The third kappa shape index (κ3) is 5.78. The van der Waals surface area contributed by atoms with Crippen LogP contribution in [-0.4, -0.2) is 24.9 Å². The summed E-state index contributed by atoms with van der Waals surface area (Å²) >= 11 is 0. The van der Waals surface area contributed by atoms with Crippen LogP contribution < -0.4 is 16.0 Å². The number of carbonyl (C=O) groups excluding carboxylic acids is 2. The lowest BCUT2D eigenvalue weighted by Gasteiger charge is -2.19. The third-order valence-corrected chi connectivity index (χ3v) is 4.69. The Morgan fingerprint density at radius 2 is 1.86 bits per heavy atom. The number of anilines is 1. The van der Waals surface area contributed by atoms with Gasteiger partial charge in [0.15, 0.2) is 0 Å². The van der Waals surface area contributed by atoms with E-state index in [1.54, 1.807) is 6.07 Å². The van der Waals surface area contributed by atoms with Crippen LogP contribution in [0.5, 0.6) is 0 Å². The van der Waals surface area contributed by atoms with Crippen molar-refractivity contribution in [3.05, 3.63) is 64.5 Å². The summed E-state index contributed by atoms with van der Waals surface area (Å²) in [5, 5.41) is 8.32. The number of hydrogen-bond acceptors (Lipinski definition) is 3. The maximum absolute atomic E-state index is 14.5. The second-order valence-corrected chi connectivity index (χ2v) is 6.80. The molecule has 5 nitrogen and oxygen atoms in total. The second-order valence-electron chi connectivity index (χ2n) is 6.80. The quantitative estimate of drug-likeness (QED) is 0.692. The van der Waals surface area contributed by atoms with Crippen LogP contribution >= 0.6 is 12.4 Å². The van der Waals surface area contributed by atoms with Crippen molar-refractivity contribution in [2.45, 2.75) is 32.7 Å². The van der Waals surface area contributed by atoms with Gasteiger partial charge in [-0.3, -0.25) is 9.59 Å². The number of nitrogens with one attached hydrogen (secondary N) is 3. The van der Waals surface area contributed by atoms with Crippen molar-refractivity contribution in [3.63, 3.8) is 0 Å². The van der Waals surface area contributed by atoms with Crippen molar-refractivity contribution in [2.75, 3.05) is 18.4 Å². The van der Waals surface area contributed by atoms with E-state index in [-0.39, 0.29) is 36.4 Å². The molecule has 3 N–H and O–H groups in total. The van der Waals surface area contributed by atoms with Crippen LogP contribution in [-0.2, 0) is 29.0 Å². The van der Waals surface area contributed by atoms with Gasteiger partial charge in [0, 0.05) is 13.0 Å². The number of fused-ring (bicyclic) bond motifs is 1. The lowest BCUT2D eigenvalue weighted by molar-refractivity contribution is -0.124. The highest BCUT2D eigenvalue weighted by molar-refractivity contribution is 5.94. The highest BCUT2D eigenvalue weighted by atomic mass is 35.5. The molecule has 3 rings (SSSR count). The smallest absolute Gasteiger partial charge is 0.243 e. The van der Waals surface area contributed by atoms with E-state index in [1.165, 1.54) is 5.56 Å². The predicted molar refractivity (Wildman–Crippen MR) is 110 cm³/mol. The van der Waals surface area contributed by atoms with Crippen LogP contribution in [0.3, 0.4) is 0 Å². The Kier molecular flexibility index (Phi) is 7.96. The van der Waals surface area contributed by atoms with Gasteiger partial charge in [0.2, 0.25) is 11.8 Å². The van der Waals surface area contributed by atoms with E-state index in [0.717, 1.165) is 17.7 Å². The molecule has 2 aromatic carbocycles. The Morgan fingerprint density at radius 1 is 1.11 bits per heavy atom. The molecule has 0 aromatic heterocycles. The van der Waals surface area contributed by atoms with Crippen LogP contribution in [0.4, 0.5) is 10.1 Å². The fourth-order valence-corrected chi connectivity index (χ4v) is 3.10. The SMILES string of the molecule is Cc1ccc(CCC(=O)NCC(=O)Nc2ccc3c(c2F)CCNC3)cc1.Cl. The molecule has 2 amide bonds. The van der Waals surface area contributed by atoms with Gasteiger partial charge in [0.1, 0.15) is 5.82 Å². The van der Waals surface area contributed by atoms with Gasteiger partial charge in [-0.25, -0.2) is 4.39 Å². The van der Waals surface area contributed by atoms with Crippen molar-refractivity contribution < 1.29 is 14.0 Å². The van der Waals surface area contributed by atoms with Crippen LogP contribution in [0.2, 0.25) is 0 Å². The molecule has 2 aromatic rings. The van der Waals surface area contributed by atoms with Crippen molar-refractivity contribution >= 4 is 29.9 Å². The van der Waals surface area contributed by atoms with Crippen LogP contribution in [0, 0.1) is 12.7 Å². The maximum Gasteiger partial charge on any atom is 0.243 e. The first kappa shape index (κ1) is 21.9. The topological polar surface area (TPSA) is 70.2 Å². The number of aryl methyl sites for hydroxylation is 2. The average molecular weight is 406 g/mol. The molecule has 0 aliphatic carbocycles. The normalized spacial score (nSPS) is 12.5. The Balaban J connectivity index is 0.00000280. The highest BCUT2D eigenvalue weighted by Gasteiger charge is 2.17. The summed E-state index contributed by atoms with van der Waals surface area (Å²) in [5.41, 5.74) is 3.97. The molecular weight excluding hydrogens is 381 g/mol. The lowest BCUT2D eigenvalue weighted by atomic mass is 9.99. The molecule has 0 unspecified atom stereocenters. The summed E-state index contributed by atoms with van der Waals surface area (Å²) in [6.45, 7) is 3.19. The van der Waals surface area contributed by atoms with Crippen molar-refractivity contribution in [1.29, 1.82) is 0 Å². The van der Waals surface area contributed by atoms with E-state index in [1.807, 2.05) is 37.3 Å². The van der Waals surface area contributed by atoms with Gasteiger partial charge in [-0.2, -0.15) is 0 Å². The van der Waals surface area contributed by atoms with E-state index in [9.17, 15) is 14.0 Å². The zero-order chi connectivity index (χ0) is 19.2. The summed E-state index contributed by atoms with van der Waals surface area (Å²) in [6, 6.07) is 11.4. The Morgan fingerprint density at radius 3 is 2.61 bits per heavy atom. The Bertz CT molecular complexity index is 840. The van der Waals surface area contributed by atoms with E-state index >= 15 is 0 Å². The number of halogens is 2. The van der Waals surface area contributed by atoms with Gasteiger partial charge in [0.05, 0.1) is 12.2 Å². The predicted octanol–water partition coefficient (Wildman–Crippen LogP) is 2.89. The van der Waals surface area contributed by atoms with Gasteiger partial charge in [0.25, 0.3) is 0 Å². The molecule has 0 fully saturated rings. The van der Waals surface area contributed by atoms with Crippen molar-refractivity contribution in [2.24, 2.45) is 0 Å². The van der Waals surface area contributed by atoms with Gasteiger partial charge in [-0.05, 0) is 49.1 Å². The zero-order valence-corrected chi connectivity index (χ0v) is 16.6. The number of carbonyl (C=O) groups is 2. The molecule has 0 bridgehead atoms. The molecule has 0 spiro atoms. The monoisotopic (exact) mass is 405 g/mol. The molecule has 1 aliphatic rings. The molecule has 0 saturated heterocycles. The fourth-order valence-electron chi connectivity index (χ4n) is 3.10. The van der Waals surface area contributed by atoms with Crippen molar-refractivity contribution in [3.8, 4) is 0 Å². The van der Waals surface area contributed by atoms with Gasteiger partial charge in [-0.15, -0.1) is 12.4 Å². The first-order valence-electron chi connectivity index (χ1n) is 9.16. The number of benzene rings is 2. The second kappa shape index (κ2) is 10.2. The number of rotatable bonds is 6. The minimum absolute atomic E-state index is 0. The van der Waals surface area contributed by atoms with Gasteiger partial charge in [-0.1, -0.05) is 35.9 Å². The number of amides is 2. The largest absolute Gasteiger partial charge is 0.347 e. The van der Waals surface area contributed by atoms with Gasteiger partial charge < -0.3 is 16.0 Å².